The van der Waals surface area contributed by atoms with E-state index in [1.165, 1.54) is 0 Å². The van der Waals surface area contributed by atoms with Crippen molar-refractivity contribution in [3.63, 3.8) is 0 Å². The van der Waals surface area contributed by atoms with Crippen molar-refractivity contribution >= 4 is 11.8 Å². The number of pyridine rings is 1. The Labute approximate surface area is 140 Å². The molecule has 0 saturated carbocycles. The number of nitrogens with zero attached hydrogens (tertiary/aromatic N) is 3. The predicted octanol–water partition coefficient (Wildman–Crippen LogP) is 0.828. The first-order chi connectivity index (χ1) is 11.6. The molecule has 2 aromatic rings. The standard InChI is InChI=1S/C17H20N4O3/c1-18-16(22)15-9-13(24-12-5-3-7-19-10-12)11-21(15)17(23)14-6-4-8-20(14)2/h3-8,10,13,15H,9,11H2,1-2H3,(H,18,22)/t13-,15-/m0/s1. The van der Waals surface area contributed by atoms with E-state index in [1.807, 2.05) is 25.4 Å². The number of aromatic nitrogens is 2. The molecule has 126 valence electrons. The molecular weight excluding hydrogens is 308 g/mol. The molecule has 1 saturated heterocycles. The number of nitrogens with one attached hydrogen (secondary N) is 1. The summed E-state index contributed by atoms with van der Waals surface area (Å²) >= 11 is 0. The van der Waals surface area contributed by atoms with Crippen molar-refractivity contribution in [3.05, 3.63) is 48.5 Å². The third-order valence-electron chi connectivity index (χ3n) is 4.17. The number of hydrogen-bond acceptors (Lipinski definition) is 4. The Morgan fingerprint density at radius 1 is 1.33 bits per heavy atom. The maximum atomic E-state index is 12.8. The highest BCUT2D eigenvalue weighted by molar-refractivity contribution is 5.97. The topological polar surface area (TPSA) is 76.5 Å². The Bertz CT molecular complexity index is 728. The van der Waals surface area contributed by atoms with Gasteiger partial charge in [0.05, 0.1) is 12.7 Å². The SMILES string of the molecule is CNC(=O)[C@@H]1C[C@H](Oc2cccnc2)CN1C(=O)c1cccn1C. The largest absolute Gasteiger partial charge is 0.487 e. The van der Waals surface area contributed by atoms with Crippen LogP contribution in [-0.2, 0) is 11.8 Å². The molecule has 0 unspecified atom stereocenters. The minimum atomic E-state index is -0.543. The number of carbonyl (C=O) groups excluding carboxylic acids is 2. The van der Waals surface area contributed by atoms with Gasteiger partial charge in [0, 0.05) is 32.9 Å². The quantitative estimate of drug-likeness (QED) is 0.902. The van der Waals surface area contributed by atoms with Gasteiger partial charge in [-0.2, -0.15) is 0 Å². The lowest BCUT2D eigenvalue weighted by Gasteiger charge is -2.23. The van der Waals surface area contributed by atoms with E-state index in [0.29, 0.717) is 24.4 Å². The molecule has 3 heterocycles. The fourth-order valence-electron chi connectivity index (χ4n) is 2.96. The monoisotopic (exact) mass is 328 g/mol. The molecule has 1 N–H and O–H groups in total. The molecule has 2 aromatic heterocycles. The number of amides is 2. The van der Waals surface area contributed by atoms with E-state index in [9.17, 15) is 9.59 Å². The van der Waals surface area contributed by atoms with Gasteiger partial charge in [-0.15, -0.1) is 0 Å². The van der Waals surface area contributed by atoms with E-state index in [-0.39, 0.29) is 17.9 Å². The second-order valence-corrected chi connectivity index (χ2v) is 5.76. The van der Waals surface area contributed by atoms with Crippen LogP contribution < -0.4 is 10.1 Å². The number of carbonyl (C=O) groups is 2. The number of aryl methyl sites for hydroxylation is 1. The fraction of sp³-hybridized carbons (Fsp3) is 0.353. The van der Waals surface area contributed by atoms with Gasteiger partial charge in [-0.3, -0.25) is 14.6 Å². The second-order valence-electron chi connectivity index (χ2n) is 5.76. The highest BCUT2D eigenvalue weighted by atomic mass is 16.5. The third-order valence-corrected chi connectivity index (χ3v) is 4.17. The van der Waals surface area contributed by atoms with E-state index in [2.05, 4.69) is 10.3 Å². The molecule has 1 fully saturated rings. The summed E-state index contributed by atoms with van der Waals surface area (Å²) in [7, 11) is 3.38. The van der Waals surface area contributed by atoms with Gasteiger partial charge in [0.15, 0.2) is 0 Å². The lowest BCUT2D eigenvalue weighted by atomic mass is 10.2. The van der Waals surface area contributed by atoms with Crippen LogP contribution in [0.3, 0.4) is 0 Å². The van der Waals surface area contributed by atoms with E-state index in [4.69, 9.17) is 4.74 Å². The average Bonchev–Trinajstić information content (AvgIpc) is 3.21. The van der Waals surface area contributed by atoms with Crippen molar-refractivity contribution < 1.29 is 14.3 Å². The van der Waals surface area contributed by atoms with Gasteiger partial charge in [0.25, 0.3) is 5.91 Å². The lowest BCUT2D eigenvalue weighted by Crippen LogP contribution is -2.45. The Balaban J connectivity index is 1.79. The first-order valence-electron chi connectivity index (χ1n) is 7.80. The normalized spacial score (nSPS) is 20.0. The molecule has 0 spiro atoms. The molecule has 24 heavy (non-hydrogen) atoms. The van der Waals surface area contributed by atoms with Crippen molar-refractivity contribution in [3.8, 4) is 5.75 Å². The molecule has 0 radical (unpaired) electrons. The summed E-state index contributed by atoms with van der Waals surface area (Å²) in [6.45, 7) is 0.358. The van der Waals surface area contributed by atoms with Gasteiger partial charge < -0.3 is 19.5 Å². The van der Waals surface area contributed by atoms with Crippen LogP contribution in [0.25, 0.3) is 0 Å². The minimum Gasteiger partial charge on any atom is -0.487 e. The summed E-state index contributed by atoms with van der Waals surface area (Å²) in [5.74, 6) is 0.273. The van der Waals surface area contributed by atoms with Crippen LogP contribution in [0.4, 0.5) is 0 Å². The number of rotatable bonds is 4. The molecule has 3 rings (SSSR count). The van der Waals surface area contributed by atoms with E-state index >= 15 is 0 Å². The van der Waals surface area contributed by atoms with Gasteiger partial charge in [-0.05, 0) is 24.3 Å². The first kappa shape index (κ1) is 16.0. The molecule has 7 nitrogen and oxygen atoms in total. The zero-order valence-corrected chi connectivity index (χ0v) is 13.7. The molecule has 0 aromatic carbocycles. The molecule has 0 aliphatic carbocycles. The zero-order chi connectivity index (χ0) is 17.1. The Kier molecular flexibility index (Phi) is 4.50. The summed E-state index contributed by atoms with van der Waals surface area (Å²) < 4.78 is 7.63. The summed E-state index contributed by atoms with van der Waals surface area (Å²) in [4.78, 5) is 30.6. The van der Waals surface area contributed by atoms with Crippen LogP contribution in [0.2, 0.25) is 0 Å². The fourth-order valence-corrected chi connectivity index (χ4v) is 2.96. The number of likely N-dealkylation sites (tertiary alicyclic amines) is 1. The van der Waals surface area contributed by atoms with Crippen LogP contribution in [0, 0.1) is 0 Å². The number of hydrogen-bond donors (Lipinski definition) is 1. The summed E-state index contributed by atoms with van der Waals surface area (Å²) in [5, 5.41) is 2.63. The van der Waals surface area contributed by atoms with Crippen LogP contribution in [0.15, 0.2) is 42.9 Å². The Morgan fingerprint density at radius 3 is 2.79 bits per heavy atom. The summed E-state index contributed by atoms with van der Waals surface area (Å²) in [6, 6.07) is 6.61. The van der Waals surface area contributed by atoms with Gasteiger partial charge in [-0.1, -0.05) is 0 Å². The molecule has 2 atom stereocenters. The molecule has 0 bridgehead atoms. The Hall–Kier alpha value is -2.83. The summed E-state index contributed by atoms with van der Waals surface area (Å²) in [5.41, 5.74) is 0.547. The lowest BCUT2D eigenvalue weighted by molar-refractivity contribution is -0.124. The van der Waals surface area contributed by atoms with Gasteiger partial charge in [0.1, 0.15) is 23.6 Å². The summed E-state index contributed by atoms with van der Waals surface area (Å²) in [6.07, 6.45) is 5.30. The number of likely N-dealkylation sites (N-methyl/N-ethyl adjacent to an activating group) is 1. The van der Waals surface area contributed by atoms with Crippen molar-refractivity contribution in [1.29, 1.82) is 0 Å². The van der Waals surface area contributed by atoms with Crippen molar-refractivity contribution in [2.24, 2.45) is 7.05 Å². The van der Waals surface area contributed by atoms with Gasteiger partial charge in [-0.25, -0.2) is 0 Å². The van der Waals surface area contributed by atoms with Crippen molar-refractivity contribution in [2.75, 3.05) is 13.6 Å². The highest BCUT2D eigenvalue weighted by Gasteiger charge is 2.41. The average molecular weight is 328 g/mol. The van der Waals surface area contributed by atoms with Gasteiger partial charge in [0.2, 0.25) is 5.91 Å². The van der Waals surface area contributed by atoms with E-state index in [1.54, 1.807) is 41.0 Å². The smallest absolute Gasteiger partial charge is 0.271 e. The highest BCUT2D eigenvalue weighted by Crippen LogP contribution is 2.24. The Morgan fingerprint density at radius 2 is 2.17 bits per heavy atom. The zero-order valence-electron chi connectivity index (χ0n) is 13.7. The predicted molar refractivity (Wildman–Crippen MR) is 87.6 cm³/mol. The molecule has 1 aliphatic heterocycles. The maximum absolute atomic E-state index is 12.8. The van der Waals surface area contributed by atoms with Crippen LogP contribution in [0.1, 0.15) is 16.9 Å². The van der Waals surface area contributed by atoms with Crippen LogP contribution >= 0.6 is 0 Å². The molecular formula is C17H20N4O3. The molecule has 7 heteroatoms. The van der Waals surface area contributed by atoms with E-state index in [0.717, 1.165) is 0 Å². The first-order valence-corrected chi connectivity index (χ1v) is 7.80. The number of ether oxygens (including phenoxy) is 1. The van der Waals surface area contributed by atoms with Crippen molar-refractivity contribution in [2.45, 2.75) is 18.6 Å². The maximum Gasteiger partial charge on any atom is 0.271 e. The minimum absolute atomic E-state index is 0.173. The van der Waals surface area contributed by atoms with E-state index < -0.39 is 6.04 Å². The van der Waals surface area contributed by atoms with Crippen LogP contribution in [0.5, 0.6) is 5.75 Å². The van der Waals surface area contributed by atoms with Crippen LogP contribution in [-0.4, -0.2) is 52.0 Å². The third kappa shape index (κ3) is 3.10. The van der Waals surface area contributed by atoms with Crippen molar-refractivity contribution in [1.82, 2.24) is 19.8 Å². The molecule has 2 amide bonds. The van der Waals surface area contributed by atoms with Gasteiger partial charge >= 0.3 is 0 Å². The molecule has 1 aliphatic rings. The second kappa shape index (κ2) is 6.74.